The molecule has 0 aromatic carbocycles. The topological polar surface area (TPSA) is 3.24 Å². The zero-order valence-corrected chi connectivity index (χ0v) is 12.3. The molecule has 3 rings (SSSR count). The Morgan fingerprint density at radius 1 is 1.10 bits per heavy atom. The van der Waals surface area contributed by atoms with Gasteiger partial charge in [-0.1, -0.05) is 62.3 Å². The Morgan fingerprint density at radius 2 is 2.05 bits per heavy atom. The Bertz CT molecular complexity index is 542. The molecule has 0 fully saturated rings. The number of allylic oxidation sites excluding steroid dienone is 9. The highest BCUT2D eigenvalue weighted by molar-refractivity contribution is 5.47. The van der Waals surface area contributed by atoms with Crippen molar-refractivity contribution in [3.63, 3.8) is 0 Å². The van der Waals surface area contributed by atoms with Crippen LogP contribution in [0.2, 0.25) is 0 Å². The fourth-order valence-corrected chi connectivity index (χ4v) is 3.35. The lowest BCUT2D eigenvalue weighted by Gasteiger charge is -2.39. The molecule has 1 unspecified atom stereocenters. The summed E-state index contributed by atoms with van der Waals surface area (Å²) in [6.45, 7) is 3.27. The smallest absolute Gasteiger partial charge is 0.0450 e. The molecule has 0 radical (unpaired) electrons. The van der Waals surface area contributed by atoms with Crippen molar-refractivity contribution < 1.29 is 0 Å². The van der Waals surface area contributed by atoms with E-state index >= 15 is 0 Å². The van der Waals surface area contributed by atoms with Crippen LogP contribution in [0.15, 0.2) is 72.2 Å². The zero-order chi connectivity index (χ0) is 13.8. The van der Waals surface area contributed by atoms with Crippen LogP contribution in [0.1, 0.15) is 32.6 Å². The van der Waals surface area contributed by atoms with E-state index in [2.05, 4.69) is 72.7 Å². The number of nitrogens with zero attached hydrogens (tertiary/aromatic N) is 1. The molecule has 2 heterocycles. The van der Waals surface area contributed by atoms with Gasteiger partial charge in [-0.15, -0.1) is 0 Å². The summed E-state index contributed by atoms with van der Waals surface area (Å²) in [7, 11) is 0. The van der Waals surface area contributed by atoms with Gasteiger partial charge in [0.05, 0.1) is 0 Å². The van der Waals surface area contributed by atoms with E-state index in [9.17, 15) is 0 Å². The van der Waals surface area contributed by atoms with E-state index in [4.69, 9.17) is 0 Å². The minimum Gasteiger partial charge on any atom is -0.344 e. The van der Waals surface area contributed by atoms with E-state index in [0.29, 0.717) is 0 Å². The SMILES string of the molecule is CCCCC1(C2=C3C=CC=CN3CC=C2)C=CC=CC1. The molecular formula is C19H23N. The van der Waals surface area contributed by atoms with Gasteiger partial charge in [-0.2, -0.15) is 0 Å². The highest BCUT2D eigenvalue weighted by Gasteiger charge is 2.33. The normalized spacial score (nSPS) is 27.4. The highest BCUT2D eigenvalue weighted by atomic mass is 15.1. The lowest BCUT2D eigenvalue weighted by atomic mass is 9.70. The van der Waals surface area contributed by atoms with Crippen molar-refractivity contribution in [2.45, 2.75) is 32.6 Å². The van der Waals surface area contributed by atoms with Crippen LogP contribution in [0.3, 0.4) is 0 Å². The van der Waals surface area contributed by atoms with Crippen molar-refractivity contribution in [2.24, 2.45) is 5.41 Å². The van der Waals surface area contributed by atoms with Crippen molar-refractivity contribution in [1.29, 1.82) is 0 Å². The third-order valence-corrected chi connectivity index (χ3v) is 4.46. The second-order valence-corrected chi connectivity index (χ2v) is 5.81. The van der Waals surface area contributed by atoms with E-state index in [1.807, 2.05) is 0 Å². The Hall–Kier alpha value is -1.76. The number of hydrogen-bond donors (Lipinski definition) is 0. The fourth-order valence-electron chi connectivity index (χ4n) is 3.35. The van der Waals surface area contributed by atoms with Gasteiger partial charge in [0.1, 0.15) is 0 Å². The molecule has 0 aromatic heterocycles. The molecule has 1 atom stereocenters. The molecule has 0 saturated heterocycles. The summed E-state index contributed by atoms with van der Waals surface area (Å²) in [4.78, 5) is 2.36. The van der Waals surface area contributed by atoms with Gasteiger partial charge in [-0.25, -0.2) is 0 Å². The van der Waals surface area contributed by atoms with E-state index in [-0.39, 0.29) is 5.41 Å². The van der Waals surface area contributed by atoms with Crippen LogP contribution in [-0.2, 0) is 0 Å². The lowest BCUT2D eigenvalue weighted by molar-refractivity contribution is 0.391. The molecule has 1 nitrogen and oxygen atoms in total. The molecular weight excluding hydrogens is 242 g/mol. The van der Waals surface area contributed by atoms with Gasteiger partial charge in [0.2, 0.25) is 0 Å². The molecule has 0 bridgehead atoms. The molecule has 0 saturated carbocycles. The van der Waals surface area contributed by atoms with Gasteiger partial charge in [0.15, 0.2) is 0 Å². The van der Waals surface area contributed by atoms with Crippen molar-refractivity contribution in [3.8, 4) is 0 Å². The summed E-state index contributed by atoms with van der Waals surface area (Å²) in [5, 5.41) is 0. The quantitative estimate of drug-likeness (QED) is 0.699. The lowest BCUT2D eigenvalue weighted by Crippen LogP contribution is -2.29. The summed E-state index contributed by atoms with van der Waals surface area (Å²) in [5.74, 6) is 0. The molecule has 0 aromatic rings. The van der Waals surface area contributed by atoms with Crippen molar-refractivity contribution in [3.05, 3.63) is 72.2 Å². The largest absolute Gasteiger partial charge is 0.344 e. The maximum absolute atomic E-state index is 2.42. The summed E-state index contributed by atoms with van der Waals surface area (Å²) in [6, 6.07) is 0. The summed E-state index contributed by atoms with van der Waals surface area (Å²) < 4.78 is 0. The van der Waals surface area contributed by atoms with Gasteiger partial charge in [0.25, 0.3) is 0 Å². The van der Waals surface area contributed by atoms with E-state index in [1.165, 1.54) is 30.5 Å². The predicted octanol–water partition coefficient (Wildman–Crippen LogP) is 4.89. The molecule has 1 heteroatoms. The van der Waals surface area contributed by atoms with Gasteiger partial charge in [0, 0.05) is 23.9 Å². The van der Waals surface area contributed by atoms with Crippen LogP contribution in [0.4, 0.5) is 0 Å². The van der Waals surface area contributed by atoms with Crippen LogP contribution >= 0.6 is 0 Å². The Labute approximate surface area is 122 Å². The molecule has 2 aliphatic heterocycles. The predicted molar refractivity (Wildman–Crippen MR) is 86.0 cm³/mol. The Balaban J connectivity index is 2.02. The molecule has 1 aliphatic carbocycles. The minimum absolute atomic E-state index is 0.185. The van der Waals surface area contributed by atoms with Gasteiger partial charge < -0.3 is 4.90 Å². The van der Waals surface area contributed by atoms with Gasteiger partial charge >= 0.3 is 0 Å². The maximum Gasteiger partial charge on any atom is 0.0450 e. The minimum atomic E-state index is 0.185. The molecule has 0 N–H and O–H groups in total. The number of rotatable bonds is 4. The third kappa shape index (κ3) is 2.33. The molecule has 0 amide bonds. The summed E-state index contributed by atoms with van der Waals surface area (Å²) in [5.41, 5.74) is 3.05. The third-order valence-electron chi connectivity index (χ3n) is 4.46. The van der Waals surface area contributed by atoms with Gasteiger partial charge in [-0.05, 0) is 30.6 Å². The van der Waals surface area contributed by atoms with Crippen LogP contribution in [0.5, 0.6) is 0 Å². The molecule has 104 valence electrons. The first-order chi connectivity index (χ1) is 9.86. The van der Waals surface area contributed by atoms with Crippen molar-refractivity contribution in [1.82, 2.24) is 4.90 Å². The van der Waals surface area contributed by atoms with Crippen LogP contribution < -0.4 is 0 Å². The summed E-state index contributed by atoms with van der Waals surface area (Å²) in [6.07, 6.45) is 27.4. The first-order valence-electron chi connectivity index (χ1n) is 7.73. The number of hydrogen-bond acceptors (Lipinski definition) is 1. The molecule has 0 spiro atoms. The van der Waals surface area contributed by atoms with Crippen molar-refractivity contribution >= 4 is 0 Å². The number of unbranched alkanes of at least 4 members (excludes halogenated alkanes) is 1. The van der Waals surface area contributed by atoms with Crippen molar-refractivity contribution in [2.75, 3.05) is 6.54 Å². The van der Waals surface area contributed by atoms with Crippen LogP contribution in [0, 0.1) is 5.41 Å². The molecule has 20 heavy (non-hydrogen) atoms. The maximum atomic E-state index is 2.42. The van der Waals surface area contributed by atoms with E-state index in [1.54, 1.807) is 0 Å². The standard InChI is InChI=1S/C19H23N/c1-2-3-12-19(13-6-4-7-14-19)17-10-9-16-20-15-8-5-11-18(17)20/h4-11,13,15H,2-3,12,14,16H2,1H3. The second-order valence-electron chi connectivity index (χ2n) is 5.81. The zero-order valence-electron chi connectivity index (χ0n) is 12.3. The van der Waals surface area contributed by atoms with Crippen LogP contribution in [-0.4, -0.2) is 11.4 Å². The van der Waals surface area contributed by atoms with Gasteiger partial charge in [-0.3, -0.25) is 0 Å². The Kier molecular flexibility index (Phi) is 3.77. The second kappa shape index (κ2) is 5.70. The van der Waals surface area contributed by atoms with E-state index in [0.717, 1.165) is 13.0 Å². The first-order valence-corrected chi connectivity index (χ1v) is 7.73. The van der Waals surface area contributed by atoms with Crippen LogP contribution in [0.25, 0.3) is 0 Å². The fraction of sp³-hybridized carbons (Fsp3) is 0.368. The summed E-state index contributed by atoms with van der Waals surface area (Å²) >= 11 is 0. The average molecular weight is 265 g/mol. The Morgan fingerprint density at radius 3 is 2.85 bits per heavy atom. The monoisotopic (exact) mass is 265 g/mol. The first kappa shape index (κ1) is 13.2. The molecule has 3 aliphatic rings. The van der Waals surface area contributed by atoms with E-state index < -0.39 is 0 Å². The number of fused-ring (bicyclic) bond motifs is 1. The average Bonchev–Trinajstić information content (AvgIpc) is 2.53. The highest BCUT2D eigenvalue weighted by Crippen LogP contribution is 2.45.